The minimum absolute atomic E-state index is 0. The molecule has 108 valence electrons. The first-order chi connectivity index (χ1) is 8.31. The zero-order chi connectivity index (χ0) is 12.1. The summed E-state index contributed by atoms with van der Waals surface area (Å²) in [6.45, 7) is 8.14. The van der Waals surface area contributed by atoms with Gasteiger partial charge in [0.05, 0.1) is 11.7 Å². The van der Waals surface area contributed by atoms with E-state index in [-0.39, 0.29) is 24.8 Å². The Hall–Kier alpha value is -0.130. The molecule has 2 heterocycles. The van der Waals surface area contributed by atoms with E-state index in [2.05, 4.69) is 49.8 Å². The Morgan fingerprint density at radius 2 is 2.05 bits per heavy atom. The molecule has 1 aliphatic rings. The van der Waals surface area contributed by atoms with Crippen molar-refractivity contribution in [3.63, 3.8) is 0 Å². The molecule has 0 aliphatic carbocycles. The number of aromatic nitrogens is 1. The van der Waals surface area contributed by atoms with E-state index < -0.39 is 0 Å². The predicted octanol–water partition coefficient (Wildman–Crippen LogP) is 3.21. The van der Waals surface area contributed by atoms with Gasteiger partial charge in [-0.05, 0) is 34.5 Å². The molecule has 3 nitrogen and oxygen atoms in total. The van der Waals surface area contributed by atoms with Gasteiger partial charge < -0.3 is 5.32 Å². The molecule has 0 radical (unpaired) electrons. The van der Waals surface area contributed by atoms with Gasteiger partial charge in [0.2, 0.25) is 0 Å². The van der Waals surface area contributed by atoms with Gasteiger partial charge in [0.25, 0.3) is 0 Å². The molecule has 0 saturated carbocycles. The zero-order valence-electron chi connectivity index (χ0n) is 10.7. The average Bonchev–Trinajstić information content (AvgIpc) is 2.38. The first-order valence-electron chi connectivity index (χ1n) is 5.98. The number of hydrogen-bond acceptors (Lipinski definition) is 3. The van der Waals surface area contributed by atoms with Gasteiger partial charge in [-0.15, -0.1) is 31.4 Å². The lowest BCUT2D eigenvalue weighted by Crippen LogP contribution is -2.45. The summed E-state index contributed by atoms with van der Waals surface area (Å²) in [7, 11) is 0. The third kappa shape index (κ3) is 5.40. The summed E-state index contributed by atoms with van der Waals surface area (Å²) in [5.74, 6) is 0. The molecule has 1 saturated heterocycles. The number of pyridine rings is 1. The largest absolute Gasteiger partial charge is 0.314 e. The molecule has 1 N–H and O–H groups in total. The predicted molar refractivity (Wildman–Crippen MR) is 88.4 cm³/mol. The molecule has 19 heavy (non-hydrogen) atoms. The molecule has 0 amide bonds. The van der Waals surface area contributed by atoms with Crippen LogP contribution >= 0.6 is 40.7 Å². The summed E-state index contributed by atoms with van der Waals surface area (Å²) in [5.41, 5.74) is 1.13. The minimum atomic E-state index is 0. The first-order valence-corrected chi connectivity index (χ1v) is 6.77. The number of hydrogen-bond donors (Lipinski definition) is 1. The third-order valence-electron chi connectivity index (χ3n) is 3.07. The number of halogens is 3. The molecule has 2 rings (SSSR count). The van der Waals surface area contributed by atoms with E-state index in [0.717, 1.165) is 42.8 Å². The Labute approximate surface area is 135 Å². The van der Waals surface area contributed by atoms with E-state index in [0.29, 0.717) is 6.04 Å². The normalized spacial score (nSPS) is 16.9. The summed E-state index contributed by atoms with van der Waals surface area (Å²) in [4.78, 5) is 7.00. The highest BCUT2D eigenvalue weighted by molar-refractivity contribution is 9.10. The lowest BCUT2D eigenvalue weighted by Gasteiger charge is -2.34. The summed E-state index contributed by atoms with van der Waals surface area (Å²) in [6, 6.07) is 4.52. The van der Waals surface area contributed by atoms with Gasteiger partial charge in [-0.3, -0.25) is 9.88 Å². The van der Waals surface area contributed by atoms with Crippen LogP contribution in [-0.4, -0.2) is 36.1 Å². The van der Waals surface area contributed by atoms with E-state index in [1.165, 1.54) is 0 Å². The van der Waals surface area contributed by atoms with E-state index in [1.807, 2.05) is 12.3 Å². The third-order valence-corrected chi connectivity index (χ3v) is 3.54. The minimum Gasteiger partial charge on any atom is -0.314 e. The second-order valence-electron chi connectivity index (χ2n) is 4.23. The van der Waals surface area contributed by atoms with E-state index in [4.69, 9.17) is 0 Å². The summed E-state index contributed by atoms with van der Waals surface area (Å²) in [5, 5.41) is 3.38. The maximum Gasteiger partial charge on any atom is 0.0579 e. The molecule has 1 aromatic rings. The Balaban J connectivity index is 0.00000162. The molecule has 0 spiro atoms. The number of nitrogens with zero attached hydrogens (tertiary/aromatic N) is 2. The molecular weight excluding hydrogens is 349 g/mol. The molecule has 1 aromatic heterocycles. The molecule has 0 aromatic carbocycles. The maximum absolute atomic E-state index is 4.52. The molecule has 1 fully saturated rings. The fraction of sp³-hybridized carbons (Fsp3) is 0.462. The van der Waals surface area contributed by atoms with Crippen LogP contribution in [0.4, 0.5) is 0 Å². The van der Waals surface area contributed by atoms with E-state index >= 15 is 0 Å². The van der Waals surface area contributed by atoms with Crippen molar-refractivity contribution in [2.45, 2.75) is 12.5 Å². The summed E-state index contributed by atoms with van der Waals surface area (Å²) < 4.78 is 1.03. The standard InChI is InChI=1S/C13H18BrN3.2ClH/c1-2-3-13(17-8-6-15-7-9-17)12-5-4-11(14)10-16-12;;/h2,4-5,10,13,15H,1,3,6-9H2;2*1H/t13-;;/m1../s1. The Kier molecular flexibility index (Phi) is 9.66. The molecular formula is C13H20BrCl2N3. The van der Waals surface area contributed by atoms with Crippen LogP contribution in [0.5, 0.6) is 0 Å². The molecule has 1 aliphatic heterocycles. The van der Waals surface area contributed by atoms with Gasteiger partial charge in [-0.25, -0.2) is 0 Å². The molecule has 6 heteroatoms. The van der Waals surface area contributed by atoms with Crippen molar-refractivity contribution >= 4 is 40.7 Å². The van der Waals surface area contributed by atoms with Gasteiger partial charge in [0.15, 0.2) is 0 Å². The van der Waals surface area contributed by atoms with Crippen molar-refractivity contribution in [2.24, 2.45) is 0 Å². The zero-order valence-corrected chi connectivity index (χ0v) is 13.9. The van der Waals surface area contributed by atoms with Crippen molar-refractivity contribution in [2.75, 3.05) is 26.2 Å². The van der Waals surface area contributed by atoms with Crippen molar-refractivity contribution in [1.82, 2.24) is 15.2 Å². The molecule has 0 unspecified atom stereocenters. The van der Waals surface area contributed by atoms with Crippen molar-refractivity contribution < 1.29 is 0 Å². The highest BCUT2D eigenvalue weighted by Crippen LogP contribution is 2.24. The lowest BCUT2D eigenvalue weighted by atomic mass is 10.1. The van der Waals surface area contributed by atoms with Crippen molar-refractivity contribution in [3.8, 4) is 0 Å². The lowest BCUT2D eigenvalue weighted by molar-refractivity contribution is 0.171. The van der Waals surface area contributed by atoms with Crippen LogP contribution in [0.1, 0.15) is 18.2 Å². The Morgan fingerprint density at radius 1 is 1.37 bits per heavy atom. The summed E-state index contributed by atoms with van der Waals surface area (Å²) >= 11 is 3.42. The van der Waals surface area contributed by atoms with Crippen LogP contribution in [-0.2, 0) is 0 Å². The van der Waals surface area contributed by atoms with Gasteiger partial charge in [0.1, 0.15) is 0 Å². The number of nitrogens with one attached hydrogen (secondary N) is 1. The van der Waals surface area contributed by atoms with Crippen LogP contribution in [0.2, 0.25) is 0 Å². The van der Waals surface area contributed by atoms with Crippen molar-refractivity contribution in [1.29, 1.82) is 0 Å². The maximum atomic E-state index is 4.52. The van der Waals surface area contributed by atoms with Gasteiger partial charge in [-0.1, -0.05) is 6.08 Å². The summed E-state index contributed by atoms with van der Waals surface area (Å²) in [6.07, 6.45) is 4.80. The highest BCUT2D eigenvalue weighted by Gasteiger charge is 2.21. The fourth-order valence-corrected chi connectivity index (χ4v) is 2.43. The fourth-order valence-electron chi connectivity index (χ4n) is 2.19. The van der Waals surface area contributed by atoms with Crippen LogP contribution in [0.15, 0.2) is 35.5 Å². The number of piperazine rings is 1. The van der Waals surface area contributed by atoms with Gasteiger partial charge in [-0.2, -0.15) is 0 Å². The van der Waals surface area contributed by atoms with Gasteiger partial charge in [0, 0.05) is 36.8 Å². The first kappa shape index (κ1) is 18.9. The second kappa shape index (κ2) is 9.72. The van der Waals surface area contributed by atoms with Crippen LogP contribution in [0.25, 0.3) is 0 Å². The monoisotopic (exact) mass is 367 g/mol. The van der Waals surface area contributed by atoms with Crippen LogP contribution < -0.4 is 5.32 Å². The quantitative estimate of drug-likeness (QED) is 0.827. The highest BCUT2D eigenvalue weighted by atomic mass is 79.9. The Bertz CT molecular complexity index is 367. The SMILES string of the molecule is C=CC[C@H](c1ccc(Br)cn1)N1CCNCC1.Cl.Cl. The molecule has 1 atom stereocenters. The van der Waals surface area contributed by atoms with E-state index in [1.54, 1.807) is 0 Å². The van der Waals surface area contributed by atoms with Gasteiger partial charge >= 0.3 is 0 Å². The van der Waals surface area contributed by atoms with Crippen molar-refractivity contribution in [3.05, 3.63) is 41.2 Å². The molecule has 0 bridgehead atoms. The number of rotatable bonds is 4. The second-order valence-corrected chi connectivity index (χ2v) is 5.14. The van der Waals surface area contributed by atoms with E-state index in [9.17, 15) is 0 Å². The topological polar surface area (TPSA) is 28.2 Å². The Morgan fingerprint density at radius 3 is 2.58 bits per heavy atom. The smallest absolute Gasteiger partial charge is 0.0579 e. The van der Waals surface area contributed by atoms with Crippen LogP contribution in [0.3, 0.4) is 0 Å². The van der Waals surface area contributed by atoms with Crippen LogP contribution in [0, 0.1) is 0 Å². The average molecular weight is 369 g/mol.